The third-order valence-electron chi connectivity index (χ3n) is 17.5. The number of carbonyl (C=O) groups is 4. The standard InChI is InChI=1S/C62H80N12O7S/c1-39(2)49(63)29-67-44(12-10-23-65-56(64)78)27-66-43-18-16-41(17-19-43)31-80-58(79)72(6)25-26-81-62-35-59(4)32-60(5,36-62)34-61(33-59,37-62)38-74-40(3)47(28-68-74)45-20-21-52(70-53(45)55(76)77)73-24-22-42-11-9-13-46(48(42)30-73)54(75)71-57-69-50-14-7-8-15-51(50)82-57/h7-9,11,13-21,28,39,44,49,66-67H,10,12,22-27,29-38,63H2,1-6H3,(H,76,77)(H3,64,65,78)(H,69,71,75)/t44-,49+,59?,60?,61?,62?/m0/s1. The number of nitrogens with one attached hydrogen (secondary N) is 4. The van der Waals surface area contributed by atoms with Gasteiger partial charge in [-0.3, -0.25) is 14.8 Å². The van der Waals surface area contributed by atoms with E-state index in [2.05, 4.69) is 58.6 Å². The highest BCUT2D eigenvalue weighted by molar-refractivity contribution is 7.22. The van der Waals surface area contributed by atoms with E-state index in [9.17, 15) is 24.3 Å². The lowest BCUT2D eigenvalue weighted by Gasteiger charge is -2.69. The number of hydrogen-bond acceptors (Lipinski definition) is 14. The van der Waals surface area contributed by atoms with Crippen LogP contribution >= 0.6 is 11.3 Å². The van der Waals surface area contributed by atoms with Gasteiger partial charge in [0.1, 0.15) is 12.4 Å². The van der Waals surface area contributed by atoms with Gasteiger partial charge in [0.15, 0.2) is 10.8 Å². The van der Waals surface area contributed by atoms with Gasteiger partial charge in [-0.2, -0.15) is 5.10 Å². The van der Waals surface area contributed by atoms with E-state index in [0.717, 1.165) is 95.2 Å². The molecule has 4 amide bonds. The van der Waals surface area contributed by atoms with Crippen molar-refractivity contribution in [1.29, 1.82) is 0 Å². The second-order valence-electron chi connectivity index (χ2n) is 24.9. The molecule has 4 heterocycles. The summed E-state index contributed by atoms with van der Waals surface area (Å²) in [7, 11) is 1.75. The fraction of sp³-hybridized carbons (Fsp3) is 0.500. The van der Waals surface area contributed by atoms with Crippen LogP contribution in [0.15, 0.2) is 85.1 Å². The Bertz CT molecular complexity index is 3260. The van der Waals surface area contributed by atoms with Crippen LogP contribution in [0.2, 0.25) is 0 Å². The number of carbonyl (C=O) groups excluding carboxylic acids is 3. The van der Waals surface area contributed by atoms with E-state index < -0.39 is 18.1 Å². The zero-order chi connectivity index (χ0) is 58.0. The number of fused-ring (bicyclic) bond motifs is 2. The lowest BCUT2D eigenvalue weighted by atomic mass is 9.39. The molecular formula is C62H80N12O7S. The number of amides is 4. The first kappa shape index (κ1) is 58.1. The molecule has 6 aromatic rings. The number of aromatic carboxylic acids is 1. The highest BCUT2D eigenvalue weighted by Crippen LogP contribution is 2.72. The second kappa shape index (κ2) is 24.0. The number of likely N-dealkylation sites (N-methyl/N-ethyl adjacent to an activating group) is 1. The summed E-state index contributed by atoms with van der Waals surface area (Å²) >= 11 is 1.43. The van der Waals surface area contributed by atoms with Gasteiger partial charge >= 0.3 is 18.1 Å². The molecule has 19 nitrogen and oxygen atoms in total. The molecule has 5 aliphatic rings. The van der Waals surface area contributed by atoms with Crippen molar-refractivity contribution in [2.45, 2.75) is 130 Å². The Hall–Kier alpha value is -7.13. The minimum atomic E-state index is -1.13. The number of hydrogen-bond donors (Lipinski definition) is 7. The highest BCUT2D eigenvalue weighted by Gasteiger charge is 2.66. The van der Waals surface area contributed by atoms with Crippen molar-refractivity contribution in [1.82, 2.24) is 35.3 Å². The zero-order valence-corrected chi connectivity index (χ0v) is 49.0. The van der Waals surface area contributed by atoms with Crippen molar-refractivity contribution in [2.24, 2.45) is 33.6 Å². The summed E-state index contributed by atoms with van der Waals surface area (Å²) in [6, 6.07) is 24.8. The number of ether oxygens (including phenoxy) is 2. The molecule has 0 saturated heterocycles. The maximum Gasteiger partial charge on any atom is 0.409 e. The number of urea groups is 1. The molecule has 0 radical (unpaired) electrons. The maximum absolute atomic E-state index is 13.8. The Morgan fingerprint density at radius 1 is 0.902 bits per heavy atom. The fourth-order valence-corrected chi connectivity index (χ4v) is 15.4. The molecule has 2 unspecified atom stereocenters. The summed E-state index contributed by atoms with van der Waals surface area (Å²) in [4.78, 5) is 64.3. The fourth-order valence-electron chi connectivity index (χ4n) is 14.5. The third-order valence-corrected chi connectivity index (χ3v) is 18.5. The topological polar surface area (TPSA) is 257 Å². The summed E-state index contributed by atoms with van der Waals surface area (Å²) in [5.41, 5.74) is 18.5. The predicted molar refractivity (Wildman–Crippen MR) is 320 cm³/mol. The van der Waals surface area contributed by atoms with Crippen molar-refractivity contribution in [3.63, 3.8) is 0 Å². The van der Waals surface area contributed by atoms with Crippen molar-refractivity contribution in [3.8, 4) is 11.1 Å². The molecule has 0 spiro atoms. The molecule has 4 bridgehead atoms. The number of rotatable bonds is 24. The van der Waals surface area contributed by atoms with Crippen molar-refractivity contribution in [3.05, 3.63) is 119 Å². The smallest absolute Gasteiger partial charge is 0.409 e. The molecular weight excluding hydrogens is 1060 g/mol. The first-order valence-electron chi connectivity index (χ1n) is 28.9. The van der Waals surface area contributed by atoms with Gasteiger partial charge in [-0.25, -0.2) is 24.4 Å². The zero-order valence-electron chi connectivity index (χ0n) is 48.2. The summed E-state index contributed by atoms with van der Waals surface area (Å²) < 4.78 is 15.8. The number of nitrogens with zero attached hydrogens (tertiary/aromatic N) is 6. The van der Waals surface area contributed by atoms with Crippen LogP contribution in [-0.4, -0.2) is 118 Å². The van der Waals surface area contributed by atoms with Crippen LogP contribution < -0.4 is 37.6 Å². The molecule has 3 aromatic carbocycles. The molecule has 4 atom stereocenters. The monoisotopic (exact) mass is 1140 g/mol. The Labute approximate surface area is 484 Å². The molecule has 4 fully saturated rings. The van der Waals surface area contributed by atoms with E-state index in [1.165, 1.54) is 11.3 Å². The van der Waals surface area contributed by atoms with Gasteiger partial charge in [-0.05, 0) is 146 Å². The van der Waals surface area contributed by atoms with E-state index in [4.69, 9.17) is 31.0 Å². The Morgan fingerprint density at radius 3 is 2.40 bits per heavy atom. The number of anilines is 3. The number of benzene rings is 3. The van der Waals surface area contributed by atoms with E-state index in [-0.39, 0.29) is 52.1 Å². The Kier molecular flexibility index (Phi) is 17.0. The van der Waals surface area contributed by atoms with Crippen LogP contribution in [0.1, 0.15) is 122 Å². The van der Waals surface area contributed by atoms with Crippen LogP contribution in [-0.2, 0) is 35.6 Å². The van der Waals surface area contributed by atoms with Gasteiger partial charge < -0.3 is 51.8 Å². The van der Waals surface area contributed by atoms with Crippen molar-refractivity contribution >= 4 is 62.2 Å². The molecule has 20 heteroatoms. The Morgan fingerprint density at radius 2 is 1.67 bits per heavy atom. The third kappa shape index (κ3) is 13.2. The summed E-state index contributed by atoms with van der Waals surface area (Å²) in [5, 5.41) is 28.9. The minimum absolute atomic E-state index is 0.0308. The van der Waals surface area contributed by atoms with Crippen LogP contribution in [0.5, 0.6) is 0 Å². The number of para-hydroxylation sites is 1. The molecule has 4 aliphatic carbocycles. The van der Waals surface area contributed by atoms with E-state index in [1.807, 2.05) is 90.7 Å². The molecule has 1 aliphatic heterocycles. The molecule has 9 N–H and O–H groups in total. The number of nitrogens with two attached hydrogens (primary N) is 2. The molecule has 82 heavy (non-hydrogen) atoms. The van der Waals surface area contributed by atoms with E-state index >= 15 is 0 Å². The van der Waals surface area contributed by atoms with E-state index in [1.54, 1.807) is 18.1 Å². The summed E-state index contributed by atoms with van der Waals surface area (Å²) in [6.07, 6.45) is 9.64. The Balaban J connectivity index is 0.743. The number of aromatic nitrogens is 4. The van der Waals surface area contributed by atoms with Crippen LogP contribution in [0.25, 0.3) is 21.3 Å². The second-order valence-corrected chi connectivity index (χ2v) is 26.0. The maximum atomic E-state index is 13.8. The van der Waals surface area contributed by atoms with Gasteiger partial charge in [-0.1, -0.05) is 75.4 Å². The van der Waals surface area contributed by atoms with Gasteiger partial charge in [0, 0.05) is 93.0 Å². The van der Waals surface area contributed by atoms with Gasteiger partial charge in [0.2, 0.25) is 0 Å². The number of primary amides is 1. The van der Waals surface area contributed by atoms with Crippen LogP contribution in [0, 0.1) is 29.1 Å². The minimum Gasteiger partial charge on any atom is -0.476 e. The largest absolute Gasteiger partial charge is 0.476 e. The number of carboxylic acids is 1. The van der Waals surface area contributed by atoms with Crippen molar-refractivity contribution < 1.29 is 33.8 Å². The molecule has 436 valence electrons. The quantitative estimate of drug-likeness (QED) is 0.0279. The van der Waals surface area contributed by atoms with Gasteiger partial charge in [0.05, 0.1) is 28.6 Å². The van der Waals surface area contributed by atoms with Crippen molar-refractivity contribution in [2.75, 3.05) is 61.9 Å². The average molecular weight is 1140 g/mol. The van der Waals surface area contributed by atoms with Crippen LogP contribution in [0.3, 0.4) is 0 Å². The molecule has 4 saturated carbocycles. The molecule has 11 rings (SSSR count). The normalized spacial score (nSPS) is 22.4. The first-order valence-corrected chi connectivity index (χ1v) is 29.7. The highest BCUT2D eigenvalue weighted by atomic mass is 32.1. The van der Waals surface area contributed by atoms with Gasteiger partial charge in [0.25, 0.3) is 5.91 Å². The average Bonchev–Trinajstić information content (AvgIpc) is 1.07. The summed E-state index contributed by atoms with van der Waals surface area (Å²) in [6.45, 7) is 15.5. The number of pyridine rings is 1. The summed E-state index contributed by atoms with van der Waals surface area (Å²) in [5.74, 6) is -0.486. The lowest BCUT2D eigenvalue weighted by molar-refractivity contribution is -0.248. The number of carboxylic acid groups (broad SMARTS) is 1. The van der Waals surface area contributed by atoms with Gasteiger partial charge in [-0.15, -0.1) is 0 Å². The predicted octanol–water partition coefficient (Wildman–Crippen LogP) is 9.58. The molecule has 3 aromatic heterocycles. The SMILES string of the molecule is Cc1c(-c2ccc(N3CCc4cccc(C(=O)Nc5nc6ccccc6s5)c4C3)nc2C(=O)O)cnn1CC12CC3(C)CC(C)(C1)CC(OCCN(C)C(=O)OCc1ccc(NC[C@H](CCCNC(N)=O)NC[C@@H](N)C(C)C)cc1)(C3)C2. The van der Waals surface area contributed by atoms with Crippen LogP contribution in [0.4, 0.5) is 26.2 Å². The van der Waals surface area contributed by atoms with E-state index in [0.29, 0.717) is 86.8 Å². The first-order chi connectivity index (χ1) is 39.2. The lowest BCUT2D eigenvalue weighted by Crippen LogP contribution is -2.64. The number of thiazole rings is 1.